The second kappa shape index (κ2) is 4.21. The van der Waals surface area contributed by atoms with Gasteiger partial charge in [-0.25, -0.2) is 8.42 Å². The molecule has 15 heavy (non-hydrogen) atoms. The molecule has 0 saturated heterocycles. The van der Waals surface area contributed by atoms with Crippen LogP contribution in [-0.4, -0.2) is 8.42 Å². The quantitative estimate of drug-likeness (QED) is 0.750. The van der Waals surface area contributed by atoms with Crippen LogP contribution < -0.4 is 0 Å². The van der Waals surface area contributed by atoms with Crippen LogP contribution in [0.15, 0.2) is 17.0 Å². The third kappa shape index (κ3) is 2.31. The van der Waals surface area contributed by atoms with Crippen molar-refractivity contribution in [2.24, 2.45) is 0 Å². The van der Waals surface area contributed by atoms with Gasteiger partial charge < -0.3 is 0 Å². The lowest BCUT2D eigenvalue weighted by Gasteiger charge is -2.08. The minimum Gasteiger partial charge on any atom is -0.207 e. The maximum Gasteiger partial charge on any atom is 0.262 e. The molecule has 0 N–H and O–H groups in total. The van der Waals surface area contributed by atoms with Gasteiger partial charge in [0, 0.05) is 10.7 Å². The van der Waals surface area contributed by atoms with Crippen molar-refractivity contribution >= 4 is 19.7 Å². The Morgan fingerprint density at radius 1 is 1.47 bits per heavy atom. The van der Waals surface area contributed by atoms with E-state index in [1.165, 1.54) is 0 Å². The van der Waals surface area contributed by atoms with Crippen molar-refractivity contribution in [3.05, 3.63) is 28.8 Å². The maximum atomic E-state index is 11.3. The van der Waals surface area contributed by atoms with Gasteiger partial charge in [0.2, 0.25) is 0 Å². The third-order valence-electron chi connectivity index (χ3n) is 2.18. The first-order chi connectivity index (χ1) is 6.91. The fourth-order valence-electron chi connectivity index (χ4n) is 1.46. The molecule has 0 heterocycles. The monoisotopic (exact) mass is 243 g/mol. The number of aryl methyl sites for hydroxylation is 2. The average molecular weight is 244 g/mol. The Labute approximate surface area is 93.7 Å². The molecule has 0 saturated carbocycles. The minimum atomic E-state index is -3.86. The standard InChI is InChI=1S/C10H10ClNO2S/c1-3-8-5-4-7(2)10(9(8)6-12)15(11,13)14/h4-5H,3H2,1-2H3. The Hall–Kier alpha value is -1.05. The van der Waals surface area contributed by atoms with Gasteiger partial charge in [-0.15, -0.1) is 0 Å². The first-order valence-corrected chi connectivity index (χ1v) is 6.70. The summed E-state index contributed by atoms with van der Waals surface area (Å²) in [7, 11) is 1.44. The Bertz CT molecular complexity index is 529. The lowest BCUT2D eigenvalue weighted by atomic mass is 10.0. The van der Waals surface area contributed by atoms with Gasteiger partial charge in [0.15, 0.2) is 0 Å². The fourth-order valence-corrected chi connectivity index (χ4v) is 2.93. The molecule has 0 radical (unpaired) electrons. The zero-order valence-corrected chi connectivity index (χ0v) is 9.98. The average Bonchev–Trinajstić information content (AvgIpc) is 2.15. The summed E-state index contributed by atoms with van der Waals surface area (Å²) < 4.78 is 22.6. The minimum absolute atomic E-state index is 0.0639. The molecule has 0 spiro atoms. The zero-order chi connectivity index (χ0) is 11.6. The summed E-state index contributed by atoms with van der Waals surface area (Å²) in [5.41, 5.74) is 1.36. The molecular weight excluding hydrogens is 234 g/mol. The molecule has 0 aliphatic carbocycles. The highest BCUT2D eigenvalue weighted by Gasteiger charge is 2.20. The van der Waals surface area contributed by atoms with Crippen LogP contribution in [0.1, 0.15) is 23.6 Å². The van der Waals surface area contributed by atoms with E-state index in [0.717, 1.165) is 0 Å². The van der Waals surface area contributed by atoms with Crippen LogP contribution in [0.2, 0.25) is 0 Å². The van der Waals surface area contributed by atoms with Gasteiger partial charge in [-0.3, -0.25) is 0 Å². The second-order valence-electron chi connectivity index (χ2n) is 3.15. The van der Waals surface area contributed by atoms with Crippen LogP contribution in [0.5, 0.6) is 0 Å². The van der Waals surface area contributed by atoms with Gasteiger partial charge >= 0.3 is 0 Å². The molecule has 3 nitrogen and oxygen atoms in total. The van der Waals surface area contributed by atoms with Gasteiger partial charge in [-0.1, -0.05) is 19.1 Å². The molecule has 0 atom stereocenters. The summed E-state index contributed by atoms with van der Waals surface area (Å²) in [4.78, 5) is -0.0639. The number of rotatable bonds is 2. The summed E-state index contributed by atoms with van der Waals surface area (Å²) in [6.07, 6.45) is 0.600. The Kier molecular flexibility index (Phi) is 3.38. The Morgan fingerprint density at radius 3 is 2.47 bits per heavy atom. The predicted molar refractivity (Wildman–Crippen MR) is 58.3 cm³/mol. The highest BCUT2D eigenvalue weighted by atomic mass is 35.7. The molecule has 0 aromatic heterocycles. The highest BCUT2D eigenvalue weighted by molar-refractivity contribution is 8.13. The third-order valence-corrected chi connectivity index (χ3v) is 3.65. The van der Waals surface area contributed by atoms with E-state index in [-0.39, 0.29) is 10.5 Å². The van der Waals surface area contributed by atoms with Gasteiger partial charge in [0.25, 0.3) is 9.05 Å². The van der Waals surface area contributed by atoms with Crippen molar-refractivity contribution in [3.63, 3.8) is 0 Å². The van der Waals surface area contributed by atoms with E-state index in [2.05, 4.69) is 0 Å². The number of nitrogens with zero attached hydrogens (tertiary/aromatic N) is 1. The van der Waals surface area contributed by atoms with Crippen LogP contribution >= 0.6 is 10.7 Å². The van der Waals surface area contributed by atoms with E-state index in [4.69, 9.17) is 15.9 Å². The SMILES string of the molecule is CCc1ccc(C)c(S(=O)(=O)Cl)c1C#N. The lowest BCUT2D eigenvalue weighted by molar-refractivity contribution is 0.608. The summed E-state index contributed by atoms with van der Waals surface area (Å²) in [5.74, 6) is 0. The molecular formula is C10H10ClNO2S. The molecule has 0 aliphatic heterocycles. The molecule has 1 rings (SSSR count). The number of hydrogen-bond acceptors (Lipinski definition) is 3. The lowest BCUT2D eigenvalue weighted by Crippen LogP contribution is -2.02. The van der Waals surface area contributed by atoms with Crippen molar-refractivity contribution in [1.82, 2.24) is 0 Å². The van der Waals surface area contributed by atoms with Crippen molar-refractivity contribution in [2.45, 2.75) is 25.2 Å². The van der Waals surface area contributed by atoms with Gasteiger partial charge in [-0.05, 0) is 24.5 Å². The molecule has 5 heteroatoms. The van der Waals surface area contributed by atoms with E-state index >= 15 is 0 Å². The van der Waals surface area contributed by atoms with E-state index in [1.54, 1.807) is 19.1 Å². The highest BCUT2D eigenvalue weighted by Crippen LogP contribution is 2.26. The number of benzene rings is 1. The summed E-state index contributed by atoms with van der Waals surface area (Å²) in [6, 6.07) is 5.31. The first kappa shape index (κ1) is 12.0. The second-order valence-corrected chi connectivity index (χ2v) is 5.65. The van der Waals surface area contributed by atoms with Crippen LogP contribution in [0, 0.1) is 18.3 Å². The fraction of sp³-hybridized carbons (Fsp3) is 0.300. The van der Waals surface area contributed by atoms with Gasteiger partial charge in [-0.2, -0.15) is 5.26 Å². The van der Waals surface area contributed by atoms with Crippen molar-refractivity contribution in [1.29, 1.82) is 5.26 Å². The largest absolute Gasteiger partial charge is 0.262 e. The van der Waals surface area contributed by atoms with Crippen molar-refractivity contribution in [3.8, 4) is 6.07 Å². The van der Waals surface area contributed by atoms with E-state index in [9.17, 15) is 8.42 Å². The molecule has 80 valence electrons. The number of hydrogen-bond donors (Lipinski definition) is 0. The topological polar surface area (TPSA) is 57.9 Å². The van der Waals surface area contributed by atoms with Crippen LogP contribution in [0.3, 0.4) is 0 Å². The zero-order valence-electron chi connectivity index (χ0n) is 8.41. The molecule has 0 aliphatic rings. The normalized spacial score (nSPS) is 11.1. The van der Waals surface area contributed by atoms with E-state index in [0.29, 0.717) is 17.5 Å². The predicted octanol–water partition coefficient (Wildman–Crippen LogP) is 2.36. The van der Waals surface area contributed by atoms with Crippen LogP contribution in [-0.2, 0) is 15.5 Å². The molecule has 0 amide bonds. The smallest absolute Gasteiger partial charge is 0.207 e. The Morgan fingerprint density at radius 2 is 2.07 bits per heavy atom. The van der Waals surface area contributed by atoms with Crippen LogP contribution in [0.25, 0.3) is 0 Å². The molecule has 1 aromatic carbocycles. The van der Waals surface area contributed by atoms with Crippen molar-refractivity contribution < 1.29 is 8.42 Å². The van der Waals surface area contributed by atoms with E-state index < -0.39 is 9.05 Å². The summed E-state index contributed by atoms with van der Waals surface area (Å²) in [6.45, 7) is 3.48. The van der Waals surface area contributed by atoms with Gasteiger partial charge in [0.05, 0.1) is 5.56 Å². The number of halogens is 1. The van der Waals surface area contributed by atoms with Crippen LogP contribution in [0.4, 0.5) is 0 Å². The maximum absolute atomic E-state index is 11.3. The molecule has 1 aromatic rings. The summed E-state index contributed by atoms with van der Waals surface area (Å²) in [5, 5.41) is 8.95. The number of nitriles is 1. The summed E-state index contributed by atoms with van der Waals surface area (Å²) >= 11 is 0. The molecule has 0 fully saturated rings. The van der Waals surface area contributed by atoms with Crippen molar-refractivity contribution in [2.75, 3.05) is 0 Å². The van der Waals surface area contributed by atoms with Gasteiger partial charge in [0.1, 0.15) is 11.0 Å². The van der Waals surface area contributed by atoms with E-state index in [1.807, 2.05) is 13.0 Å². The first-order valence-electron chi connectivity index (χ1n) is 4.39. The molecule has 0 unspecified atom stereocenters. The Balaban J connectivity index is 3.71. The molecule has 0 bridgehead atoms.